The Morgan fingerprint density at radius 1 is 1.00 bits per heavy atom. The Labute approximate surface area is 197 Å². The zero-order chi connectivity index (χ0) is 24.8. The molecule has 33 heavy (non-hydrogen) atoms. The fourth-order valence-corrected chi connectivity index (χ4v) is 4.70. The van der Waals surface area contributed by atoms with Crippen LogP contribution in [0.15, 0.2) is 42.5 Å². The van der Waals surface area contributed by atoms with Crippen molar-refractivity contribution < 1.29 is 18.0 Å². The van der Waals surface area contributed by atoms with Crippen LogP contribution in [0.4, 0.5) is 5.69 Å². The molecule has 0 aliphatic rings. The monoisotopic (exact) mass is 473 g/mol. The molecule has 0 aliphatic heterocycles. The lowest BCUT2D eigenvalue weighted by atomic mass is 10.1. The van der Waals surface area contributed by atoms with Gasteiger partial charge in [-0.3, -0.25) is 13.9 Å². The van der Waals surface area contributed by atoms with Crippen LogP contribution < -0.4 is 9.62 Å². The zero-order valence-electron chi connectivity index (χ0n) is 20.4. The van der Waals surface area contributed by atoms with E-state index in [1.54, 1.807) is 6.07 Å². The topological polar surface area (TPSA) is 86.8 Å². The van der Waals surface area contributed by atoms with E-state index in [0.717, 1.165) is 32.8 Å². The smallest absolute Gasteiger partial charge is 0.244 e. The molecule has 0 radical (unpaired) electrons. The summed E-state index contributed by atoms with van der Waals surface area (Å²) >= 11 is 0. The van der Waals surface area contributed by atoms with Gasteiger partial charge < -0.3 is 10.2 Å². The summed E-state index contributed by atoms with van der Waals surface area (Å²) in [6, 6.07) is 12.5. The van der Waals surface area contributed by atoms with E-state index in [1.807, 2.05) is 71.0 Å². The van der Waals surface area contributed by atoms with Crippen molar-refractivity contribution in [3.8, 4) is 0 Å². The lowest BCUT2D eigenvalue weighted by Gasteiger charge is -2.33. The summed E-state index contributed by atoms with van der Waals surface area (Å²) in [5, 5.41) is 2.80. The van der Waals surface area contributed by atoms with Crippen molar-refractivity contribution in [1.82, 2.24) is 10.2 Å². The summed E-state index contributed by atoms with van der Waals surface area (Å²) < 4.78 is 26.5. The van der Waals surface area contributed by atoms with E-state index in [0.29, 0.717) is 18.7 Å². The summed E-state index contributed by atoms with van der Waals surface area (Å²) in [7, 11) is -3.74. The van der Waals surface area contributed by atoms with Crippen molar-refractivity contribution in [3.05, 3.63) is 64.7 Å². The molecule has 0 bridgehead atoms. The minimum absolute atomic E-state index is 0.209. The Morgan fingerprint density at radius 3 is 2.24 bits per heavy atom. The second-order valence-corrected chi connectivity index (χ2v) is 10.3. The number of benzene rings is 2. The third-order valence-corrected chi connectivity index (χ3v) is 6.61. The van der Waals surface area contributed by atoms with Crippen molar-refractivity contribution in [2.45, 2.75) is 53.6 Å². The highest BCUT2D eigenvalue weighted by molar-refractivity contribution is 7.92. The minimum Gasteiger partial charge on any atom is -0.355 e. The number of hydrogen-bond donors (Lipinski definition) is 1. The van der Waals surface area contributed by atoms with E-state index in [-0.39, 0.29) is 19.0 Å². The van der Waals surface area contributed by atoms with Crippen LogP contribution in [0.3, 0.4) is 0 Å². The van der Waals surface area contributed by atoms with Crippen LogP contribution >= 0.6 is 0 Å². The Balaban J connectivity index is 2.48. The average Bonchev–Trinajstić information content (AvgIpc) is 2.73. The molecular weight excluding hydrogens is 438 g/mol. The van der Waals surface area contributed by atoms with E-state index in [1.165, 1.54) is 4.90 Å². The third kappa shape index (κ3) is 7.05. The molecule has 1 N–H and O–H groups in total. The van der Waals surface area contributed by atoms with Crippen molar-refractivity contribution in [3.63, 3.8) is 0 Å². The van der Waals surface area contributed by atoms with Gasteiger partial charge in [-0.05, 0) is 56.9 Å². The minimum atomic E-state index is -3.74. The van der Waals surface area contributed by atoms with Gasteiger partial charge in [-0.2, -0.15) is 0 Å². The van der Waals surface area contributed by atoms with Gasteiger partial charge in [0.25, 0.3) is 0 Å². The normalized spacial score (nSPS) is 12.2. The zero-order valence-corrected chi connectivity index (χ0v) is 21.2. The summed E-state index contributed by atoms with van der Waals surface area (Å²) in [4.78, 5) is 27.9. The van der Waals surface area contributed by atoms with Crippen LogP contribution in [0.25, 0.3) is 0 Å². The van der Waals surface area contributed by atoms with Gasteiger partial charge in [0.05, 0.1) is 11.9 Å². The first-order chi connectivity index (χ1) is 15.5. The Bertz CT molecular complexity index is 1100. The molecule has 2 aromatic rings. The number of amides is 2. The second kappa shape index (κ2) is 11.3. The molecule has 180 valence electrons. The summed E-state index contributed by atoms with van der Waals surface area (Å²) in [6.45, 7) is 9.58. The van der Waals surface area contributed by atoms with Gasteiger partial charge in [0.1, 0.15) is 12.6 Å². The van der Waals surface area contributed by atoms with Gasteiger partial charge in [-0.25, -0.2) is 8.42 Å². The van der Waals surface area contributed by atoms with E-state index < -0.39 is 22.0 Å². The number of hydrogen-bond acceptors (Lipinski definition) is 4. The molecule has 0 saturated heterocycles. The maximum Gasteiger partial charge on any atom is 0.244 e. The first-order valence-corrected chi connectivity index (χ1v) is 13.0. The summed E-state index contributed by atoms with van der Waals surface area (Å²) in [5.41, 5.74) is 4.03. The number of anilines is 1. The van der Waals surface area contributed by atoms with Crippen molar-refractivity contribution in [2.75, 3.05) is 23.7 Å². The fourth-order valence-electron chi connectivity index (χ4n) is 3.80. The van der Waals surface area contributed by atoms with Crippen LogP contribution in [-0.2, 0) is 26.2 Å². The Kier molecular flexibility index (Phi) is 9.05. The van der Waals surface area contributed by atoms with E-state index in [2.05, 4.69) is 5.32 Å². The molecule has 0 spiro atoms. The fraction of sp³-hybridized carbons (Fsp3) is 0.440. The standard InChI is InChI=1S/C25H35N3O4S/c1-7-22(25(30)26-8-2)27(16-21-11-9-10-18(3)14-21)24(29)17-28(33(6,31)32)23-15-19(4)12-13-20(23)5/h9-15,22H,7-8,16-17H2,1-6H3,(H,26,30). The molecule has 7 nitrogen and oxygen atoms in total. The molecule has 0 saturated carbocycles. The molecule has 1 atom stereocenters. The number of sulfonamides is 1. The highest BCUT2D eigenvalue weighted by Gasteiger charge is 2.31. The number of carbonyl (C=O) groups excluding carboxylic acids is 2. The van der Waals surface area contributed by atoms with E-state index >= 15 is 0 Å². The number of nitrogens with zero attached hydrogens (tertiary/aromatic N) is 2. The molecule has 0 aliphatic carbocycles. The molecule has 0 heterocycles. The molecule has 1 unspecified atom stereocenters. The number of likely N-dealkylation sites (N-methyl/N-ethyl adjacent to an activating group) is 1. The second-order valence-electron chi connectivity index (χ2n) is 8.39. The lowest BCUT2D eigenvalue weighted by Crippen LogP contribution is -2.52. The SMILES string of the molecule is CCNC(=O)C(CC)N(Cc1cccc(C)c1)C(=O)CN(c1cc(C)ccc1C)S(C)(=O)=O. The number of rotatable bonds is 10. The van der Waals surface area contributed by atoms with Crippen LogP contribution in [0.2, 0.25) is 0 Å². The van der Waals surface area contributed by atoms with Gasteiger partial charge in [0.2, 0.25) is 21.8 Å². The van der Waals surface area contributed by atoms with Crippen LogP contribution in [0.5, 0.6) is 0 Å². The Morgan fingerprint density at radius 2 is 1.67 bits per heavy atom. The van der Waals surface area contributed by atoms with Crippen molar-refractivity contribution in [1.29, 1.82) is 0 Å². The molecule has 0 aromatic heterocycles. The van der Waals surface area contributed by atoms with Gasteiger partial charge in [-0.15, -0.1) is 0 Å². The maximum atomic E-state index is 13.6. The number of carbonyl (C=O) groups is 2. The summed E-state index contributed by atoms with van der Waals surface area (Å²) in [5.74, 6) is -0.681. The van der Waals surface area contributed by atoms with Crippen molar-refractivity contribution in [2.24, 2.45) is 0 Å². The Hall–Kier alpha value is -2.87. The molecule has 0 fully saturated rings. The third-order valence-electron chi connectivity index (χ3n) is 5.48. The molecule has 2 rings (SSSR count). The highest BCUT2D eigenvalue weighted by atomic mass is 32.2. The first kappa shape index (κ1) is 26.4. The maximum absolute atomic E-state index is 13.6. The number of nitrogens with one attached hydrogen (secondary N) is 1. The van der Waals surface area contributed by atoms with Gasteiger partial charge >= 0.3 is 0 Å². The van der Waals surface area contributed by atoms with Crippen LogP contribution in [0, 0.1) is 20.8 Å². The predicted molar refractivity (Wildman–Crippen MR) is 133 cm³/mol. The van der Waals surface area contributed by atoms with Crippen LogP contribution in [-0.4, -0.2) is 50.5 Å². The van der Waals surface area contributed by atoms with E-state index in [4.69, 9.17) is 0 Å². The van der Waals surface area contributed by atoms with Gasteiger partial charge in [0.15, 0.2) is 0 Å². The van der Waals surface area contributed by atoms with Gasteiger partial charge in [-0.1, -0.05) is 48.9 Å². The largest absolute Gasteiger partial charge is 0.355 e. The summed E-state index contributed by atoms with van der Waals surface area (Å²) in [6.07, 6.45) is 1.50. The van der Waals surface area contributed by atoms with Crippen LogP contribution in [0.1, 0.15) is 42.5 Å². The van der Waals surface area contributed by atoms with Gasteiger partial charge in [0, 0.05) is 13.1 Å². The molecule has 8 heteroatoms. The average molecular weight is 474 g/mol. The number of aryl methyl sites for hydroxylation is 3. The molecule has 2 aromatic carbocycles. The first-order valence-electron chi connectivity index (χ1n) is 11.2. The van der Waals surface area contributed by atoms with Crippen molar-refractivity contribution >= 4 is 27.5 Å². The van der Waals surface area contributed by atoms with E-state index in [9.17, 15) is 18.0 Å². The predicted octanol–water partition coefficient (Wildman–Crippen LogP) is 3.32. The lowest BCUT2D eigenvalue weighted by molar-refractivity contribution is -0.140. The highest BCUT2D eigenvalue weighted by Crippen LogP contribution is 2.25. The molecular formula is C25H35N3O4S. The quantitative estimate of drug-likeness (QED) is 0.574. The molecule has 2 amide bonds.